The second kappa shape index (κ2) is 8.03. The van der Waals surface area contributed by atoms with Crippen LogP contribution in [0.4, 0.5) is 11.4 Å². The Hall–Kier alpha value is -2.53. The van der Waals surface area contributed by atoms with Gasteiger partial charge in [-0.25, -0.2) is 0 Å². The second-order valence-electron chi connectivity index (χ2n) is 6.36. The molecule has 1 amide bonds. The van der Waals surface area contributed by atoms with Crippen molar-refractivity contribution in [2.24, 2.45) is 5.92 Å². The molecule has 1 fully saturated rings. The summed E-state index contributed by atoms with van der Waals surface area (Å²) >= 11 is 0. The van der Waals surface area contributed by atoms with Crippen LogP contribution in [0.3, 0.4) is 0 Å². The molecular formula is C20H25N3O2. The molecule has 0 aliphatic carbocycles. The number of carbonyl (C=O) groups is 1. The molecule has 132 valence electrons. The maximum Gasteiger partial charge on any atom is 0.255 e. The zero-order chi connectivity index (χ0) is 17.6. The third kappa shape index (κ3) is 4.12. The average molecular weight is 339 g/mol. The number of anilines is 2. The molecular weight excluding hydrogens is 314 g/mol. The number of para-hydroxylation sites is 1. The Labute approximate surface area is 149 Å². The number of amides is 1. The van der Waals surface area contributed by atoms with Gasteiger partial charge in [-0.1, -0.05) is 12.1 Å². The van der Waals surface area contributed by atoms with E-state index in [1.54, 1.807) is 7.11 Å². The first-order chi connectivity index (χ1) is 12.2. The highest BCUT2D eigenvalue weighted by molar-refractivity contribution is 6.00. The largest absolute Gasteiger partial charge is 0.497 e. The fraction of sp³-hybridized carbons (Fsp3) is 0.350. The van der Waals surface area contributed by atoms with Crippen molar-refractivity contribution in [3.8, 4) is 5.75 Å². The summed E-state index contributed by atoms with van der Waals surface area (Å²) in [7, 11) is 3.60. The number of carbonyl (C=O) groups excluding carboxylic acids is 1. The van der Waals surface area contributed by atoms with E-state index in [9.17, 15) is 4.79 Å². The van der Waals surface area contributed by atoms with Crippen LogP contribution in [0.1, 0.15) is 16.8 Å². The summed E-state index contributed by atoms with van der Waals surface area (Å²) in [5.74, 6) is 1.44. The smallest absolute Gasteiger partial charge is 0.255 e. The summed E-state index contributed by atoms with van der Waals surface area (Å²) in [5.41, 5.74) is 2.47. The minimum Gasteiger partial charge on any atom is -0.497 e. The number of methoxy groups -OCH3 is 1. The molecule has 2 aromatic rings. The summed E-state index contributed by atoms with van der Waals surface area (Å²) in [6.45, 7) is 2.59. The molecule has 1 atom stereocenters. The van der Waals surface area contributed by atoms with Gasteiger partial charge in [-0.3, -0.25) is 4.79 Å². The normalized spacial score (nSPS) is 16.7. The monoisotopic (exact) mass is 339 g/mol. The van der Waals surface area contributed by atoms with Crippen LogP contribution in [0.2, 0.25) is 0 Å². The van der Waals surface area contributed by atoms with Crippen molar-refractivity contribution in [2.75, 3.05) is 39.1 Å². The SMILES string of the molecule is CNCC1CCN(C(=O)c2ccccc2Nc2ccc(OC)cc2)C1. The maximum atomic E-state index is 13.0. The molecule has 1 aliphatic rings. The zero-order valence-electron chi connectivity index (χ0n) is 14.8. The van der Waals surface area contributed by atoms with Gasteiger partial charge in [0.05, 0.1) is 18.4 Å². The molecule has 2 aromatic carbocycles. The molecule has 1 unspecified atom stereocenters. The van der Waals surface area contributed by atoms with E-state index in [0.717, 1.165) is 43.2 Å². The number of nitrogens with zero attached hydrogens (tertiary/aromatic N) is 1. The number of likely N-dealkylation sites (tertiary alicyclic amines) is 1. The summed E-state index contributed by atoms with van der Waals surface area (Å²) in [4.78, 5) is 14.9. The minimum absolute atomic E-state index is 0.0928. The van der Waals surface area contributed by atoms with Gasteiger partial charge in [0.1, 0.15) is 5.75 Å². The standard InChI is InChI=1S/C20H25N3O2/c1-21-13-15-11-12-23(14-15)20(24)18-5-3-4-6-19(18)22-16-7-9-17(25-2)10-8-16/h3-10,15,21-22H,11-14H2,1-2H3. The van der Waals surface area contributed by atoms with Crippen LogP contribution >= 0.6 is 0 Å². The molecule has 2 N–H and O–H groups in total. The van der Waals surface area contributed by atoms with Crippen LogP contribution in [0, 0.1) is 5.92 Å². The van der Waals surface area contributed by atoms with Gasteiger partial charge in [0.25, 0.3) is 5.91 Å². The van der Waals surface area contributed by atoms with E-state index in [1.807, 2.05) is 60.5 Å². The Kier molecular flexibility index (Phi) is 5.56. The molecule has 25 heavy (non-hydrogen) atoms. The Morgan fingerprint density at radius 3 is 2.68 bits per heavy atom. The van der Waals surface area contributed by atoms with Crippen molar-refractivity contribution >= 4 is 17.3 Å². The average Bonchev–Trinajstić information content (AvgIpc) is 3.11. The van der Waals surface area contributed by atoms with Gasteiger partial charge in [-0.05, 0) is 62.3 Å². The number of hydrogen-bond donors (Lipinski definition) is 2. The Morgan fingerprint density at radius 2 is 1.96 bits per heavy atom. The number of rotatable bonds is 6. The van der Waals surface area contributed by atoms with Crippen molar-refractivity contribution in [1.29, 1.82) is 0 Å². The van der Waals surface area contributed by atoms with Crippen molar-refractivity contribution in [3.63, 3.8) is 0 Å². The van der Waals surface area contributed by atoms with Crippen LogP contribution in [0.15, 0.2) is 48.5 Å². The summed E-state index contributed by atoms with van der Waals surface area (Å²) in [6, 6.07) is 15.4. The first-order valence-electron chi connectivity index (χ1n) is 8.65. The van der Waals surface area contributed by atoms with E-state index in [0.29, 0.717) is 11.5 Å². The van der Waals surface area contributed by atoms with Crippen LogP contribution < -0.4 is 15.4 Å². The van der Waals surface area contributed by atoms with Gasteiger partial charge in [-0.2, -0.15) is 0 Å². The van der Waals surface area contributed by atoms with Gasteiger partial charge in [0.15, 0.2) is 0 Å². The van der Waals surface area contributed by atoms with E-state index < -0.39 is 0 Å². The topological polar surface area (TPSA) is 53.6 Å². The zero-order valence-corrected chi connectivity index (χ0v) is 14.8. The van der Waals surface area contributed by atoms with Crippen molar-refractivity contribution in [2.45, 2.75) is 6.42 Å². The first-order valence-corrected chi connectivity index (χ1v) is 8.65. The summed E-state index contributed by atoms with van der Waals surface area (Å²) in [6.07, 6.45) is 1.06. The molecule has 0 aromatic heterocycles. The fourth-order valence-corrected chi connectivity index (χ4v) is 3.25. The van der Waals surface area contributed by atoms with E-state index in [4.69, 9.17) is 4.74 Å². The lowest BCUT2D eigenvalue weighted by Gasteiger charge is -2.19. The fourth-order valence-electron chi connectivity index (χ4n) is 3.25. The van der Waals surface area contributed by atoms with Gasteiger partial charge >= 0.3 is 0 Å². The molecule has 5 heteroatoms. The van der Waals surface area contributed by atoms with E-state index >= 15 is 0 Å². The molecule has 0 saturated carbocycles. The van der Waals surface area contributed by atoms with Crippen LogP contribution in [-0.2, 0) is 0 Å². The molecule has 1 aliphatic heterocycles. The van der Waals surface area contributed by atoms with E-state index in [1.165, 1.54) is 0 Å². The predicted octanol–water partition coefficient (Wildman–Crippen LogP) is 3.12. The molecule has 3 rings (SSSR count). The highest BCUT2D eigenvalue weighted by Crippen LogP contribution is 2.26. The van der Waals surface area contributed by atoms with Gasteiger partial charge in [0.2, 0.25) is 0 Å². The van der Waals surface area contributed by atoms with Crippen LogP contribution in [0.5, 0.6) is 5.75 Å². The molecule has 1 saturated heterocycles. The lowest BCUT2D eigenvalue weighted by atomic mass is 10.1. The number of nitrogens with one attached hydrogen (secondary N) is 2. The number of ether oxygens (including phenoxy) is 1. The van der Waals surface area contributed by atoms with Gasteiger partial charge < -0.3 is 20.3 Å². The van der Waals surface area contributed by atoms with Crippen molar-refractivity contribution in [1.82, 2.24) is 10.2 Å². The lowest BCUT2D eigenvalue weighted by Crippen LogP contribution is -2.30. The highest BCUT2D eigenvalue weighted by atomic mass is 16.5. The maximum absolute atomic E-state index is 13.0. The highest BCUT2D eigenvalue weighted by Gasteiger charge is 2.27. The number of hydrogen-bond acceptors (Lipinski definition) is 4. The predicted molar refractivity (Wildman–Crippen MR) is 101 cm³/mol. The van der Waals surface area contributed by atoms with Crippen molar-refractivity contribution in [3.05, 3.63) is 54.1 Å². The minimum atomic E-state index is 0.0928. The Morgan fingerprint density at radius 1 is 1.20 bits per heavy atom. The Balaban J connectivity index is 1.75. The number of benzene rings is 2. The third-order valence-electron chi connectivity index (χ3n) is 4.59. The Bertz CT molecular complexity index is 715. The third-order valence-corrected chi connectivity index (χ3v) is 4.59. The molecule has 1 heterocycles. The molecule has 0 radical (unpaired) electrons. The van der Waals surface area contributed by atoms with E-state index in [2.05, 4.69) is 10.6 Å². The summed E-state index contributed by atoms with van der Waals surface area (Å²) in [5, 5.41) is 6.55. The van der Waals surface area contributed by atoms with Crippen LogP contribution in [0.25, 0.3) is 0 Å². The summed E-state index contributed by atoms with van der Waals surface area (Å²) < 4.78 is 5.19. The lowest BCUT2D eigenvalue weighted by molar-refractivity contribution is 0.0788. The van der Waals surface area contributed by atoms with Crippen LogP contribution in [-0.4, -0.2) is 44.6 Å². The first kappa shape index (κ1) is 17.3. The van der Waals surface area contributed by atoms with Gasteiger partial charge in [0, 0.05) is 18.8 Å². The quantitative estimate of drug-likeness (QED) is 0.849. The van der Waals surface area contributed by atoms with Gasteiger partial charge in [-0.15, -0.1) is 0 Å². The molecule has 0 spiro atoms. The molecule has 5 nitrogen and oxygen atoms in total. The molecule has 0 bridgehead atoms. The van der Waals surface area contributed by atoms with Crippen molar-refractivity contribution < 1.29 is 9.53 Å². The van der Waals surface area contributed by atoms with E-state index in [-0.39, 0.29) is 5.91 Å². The second-order valence-corrected chi connectivity index (χ2v) is 6.36.